The summed E-state index contributed by atoms with van der Waals surface area (Å²) >= 11 is 3.34. The summed E-state index contributed by atoms with van der Waals surface area (Å²) in [4.78, 5) is 23.7. The molecule has 2 aromatic carbocycles. The third-order valence-corrected chi connectivity index (χ3v) is 4.13. The number of halogens is 1. The Hall–Kier alpha value is -3.05. The first-order chi connectivity index (χ1) is 13.3. The number of nitrogens with one attached hydrogen (secondary N) is 2. The van der Waals surface area contributed by atoms with Gasteiger partial charge in [0, 0.05) is 13.0 Å². The van der Waals surface area contributed by atoms with Crippen molar-refractivity contribution in [1.29, 1.82) is 5.26 Å². The monoisotopic (exact) mass is 445 g/mol. The standard InChI is InChI=1S/C20H20BrN3O4/c1-4-27-18-9-14(10-22)8-15(21)20(18)28-11-19(26)24-17-7-12(2)5-6-16(17)23-13(3)25/h5-9H,4,11H2,1-3H3,(H,23,25)(H,24,26). The highest BCUT2D eigenvalue weighted by Crippen LogP contribution is 2.36. The average molecular weight is 446 g/mol. The van der Waals surface area contributed by atoms with E-state index in [0.717, 1.165) is 5.56 Å². The summed E-state index contributed by atoms with van der Waals surface area (Å²) in [6.07, 6.45) is 0. The minimum absolute atomic E-state index is 0.238. The van der Waals surface area contributed by atoms with Crippen LogP contribution in [0.2, 0.25) is 0 Å². The molecule has 0 heterocycles. The first kappa shape index (κ1) is 21.3. The van der Waals surface area contributed by atoms with Crippen LogP contribution < -0.4 is 20.1 Å². The Balaban J connectivity index is 2.14. The van der Waals surface area contributed by atoms with Gasteiger partial charge in [-0.05, 0) is 53.5 Å². The molecule has 0 saturated heterocycles. The van der Waals surface area contributed by atoms with E-state index in [-0.39, 0.29) is 12.5 Å². The number of aryl methyl sites for hydroxylation is 1. The SMILES string of the molecule is CCOc1cc(C#N)cc(Br)c1OCC(=O)Nc1cc(C)ccc1NC(C)=O. The molecular weight excluding hydrogens is 426 g/mol. The zero-order valence-corrected chi connectivity index (χ0v) is 17.3. The molecule has 0 aliphatic carbocycles. The summed E-state index contributed by atoms with van der Waals surface area (Å²) in [7, 11) is 0. The van der Waals surface area contributed by atoms with Crippen LogP contribution in [0.25, 0.3) is 0 Å². The van der Waals surface area contributed by atoms with E-state index in [1.165, 1.54) is 6.92 Å². The van der Waals surface area contributed by atoms with Crippen LogP contribution in [0.5, 0.6) is 11.5 Å². The lowest BCUT2D eigenvalue weighted by Crippen LogP contribution is -2.22. The van der Waals surface area contributed by atoms with Gasteiger partial charge in [0.25, 0.3) is 5.91 Å². The number of hydrogen-bond acceptors (Lipinski definition) is 5. The molecule has 0 radical (unpaired) electrons. The van der Waals surface area contributed by atoms with Crippen molar-refractivity contribution in [3.05, 3.63) is 45.9 Å². The fourth-order valence-corrected chi connectivity index (χ4v) is 2.98. The molecule has 28 heavy (non-hydrogen) atoms. The van der Waals surface area contributed by atoms with Gasteiger partial charge in [0.2, 0.25) is 5.91 Å². The van der Waals surface area contributed by atoms with Crippen LogP contribution in [-0.2, 0) is 9.59 Å². The molecule has 0 bridgehead atoms. The average Bonchev–Trinajstić information content (AvgIpc) is 2.63. The second kappa shape index (κ2) is 9.76. The van der Waals surface area contributed by atoms with Gasteiger partial charge >= 0.3 is 0 Å². The molecule has 0 aliphatic rings. The fraction of sp³-hybridized carbons (Fsp3) is 0.250. The van der Waals surface area contributed by atoms with Crippen molar-refractivity contribution in [2.45, 2.75) is 20.8 Å². The molecular formula is C20H20BrN3O4. The van der Waals surface area contributed by atoms with E-state index in [2.05, 4.69) is 26.6 Å². The predicted molar refractivity (Wildman–Crippen MR) is 110 cm³/mol. The molecule has 0 unspecified atom stereocenters. The van der Waals surface area contributed by atoms with Crippen LogP contribution in [0.15, 0.2) is 34.8 Å². The summed E-state index contributed by atoms with van der Waals surface area (Å²) in [5, 5.41) is 14.5. The molecule has 0 aromatic heterocycles. The number of hydrogen-bond donors (Lipinski definition) is 2. The van der Waals surface area contributed by atoms with Crippen LogP contribution in [0.1, 0.15) is 25.0 Å². The number of carbonyl (C=O) groups is 2. The van der Waals surface area contributed by atoms with Gasteiger partial charge in [-0.3, -0.25) is 9.59 Å². The molecule has 0 aliphatic heterocycles. The van der Waals surface area contributed by atoms with Gasteiger partial charge < -0.3 is 20.1 Å². The summed E-state index contributed by atoms with van der Waals surface area (Å²) in [6, 6.07) is 10.5. The third kappa shape index (κ3) is 5.72. The summed E-state index contributed by atoms with van der Waals surface area (Å²) in [5.74, 6) is 0.0624. The van der Waals surface area contributed by atoms with Crippen LogP contribution in [0.3, 0.4) is 0 Å². The van der Waals surface area contributed by atoms with Crippen molar-refractivity contribution in [2.24, 2.45) is 0 Å². The molecule has 146 valence electrons. The minimum atomic E-state index is -0.407. The smallest absolute Gasteiger partial charge is 0.262 e. The number of nitrogens with zero attached hydrogens (tertiary/aromatic N) is 1. The van der Waals surface area contributed by atoms with Crippen molar-refractivity contribution in [3.63, 3.8) is 0 Å². The van der Waals surface area contributed by atoms with E-state index in [0.29, 0.717) is 39.5 Å². The number of benzene rings is 2. The van der Waals surface area contributed by atoms with Crippen molar-refractivity contribution < 1.29 is 19.1 Å². The highest BCUT2D eigenvalue weighted by atomic mass is 79.9. The second-order valence-corrected chi connectivity index (χ2v) is 6.75. The molecule has 2 aromatic rings. The zero-order chi connectivity index (χ0) is 20.7. The van der Waals surface area contributed by atoms with Crippen LogP contribution in [0.4, 0.5) is 11.4 Å². The fourth-order valence-electron chi connectivity index (χ4n) is 2.42. The van der Waals surface area contributed by atoms with Crippen LogP contribution in [-0.4, -0.2) is 25.0 Å². The third-order valence-electron chi connectivity index (χ3n) is 3.55. The van der Waals surface area contributed by atoms with Crippen molar-refractivity contribution in [2.75, 3.05) is 23.8 Å². The highest BCUT2D eigenvalue weighted by Gasteiger charge is 2.15. The maximum Gasteiger partial charge on any atom is 0.262 e. The number of carbonyl (C=O) groups excluding carboxylic acids is 2. The molecule has 0 atom stereocenters. The van der Waals surface area contributed by atoms with Gasteiger partial charge in [0.1, 0.15) is 0 Å². The van der Waals surface area contributed by atoms with Gasteiger partial charge in [0.15, 0.2) is 18.1 Å². The summed E-state index contributed by atoms with van der Waals surface area (Å²) in [6.45, 7) is 5.19. The topological polar surface area (TPSA) is 100 Å². The molecule has 8 heteroatoms. The maximum atomic E-state index is 12.4. The highest BCUT2D eigenvalue weighted by molar-refractivity contribution is 9.10. The van der Waals surface area contributed by atoms with Crippen molar-refractivity contribution in [3.8, 4) is 17.6 Å². The first-order valence-corrected chi connectivity index (χ1v) is 9.30. The number of rotatable bonds is 7. The molecule has 0 saturated carbocycles. The Kier molecular flexibility index (Phi) is 7.41. The van der Waals surface area contributed by atoms with Gasteiger partial charge in [0.05, 0.1) is 34.1 Å². The largest absolute Gasteiger partial charge is 0.490 e. The molecule has 0 spiro atoms. The Morgan fingerprint density at radius 3 is 2.54 bits per heavy atom. The quantitative estimate of drug-likeness (QED) is 0.670. The lowest BCUT2D eigenvalue weighted by Gasteiger charge is -2.15. The van der Waals surface area contributed by atoms with Gasteiger partial charge in [-0.1, -0.05) is 6.07 Å². The Morgan fingerprint density at radius 2 is 1.89 bits per heavy atom. The number of anilines is 2. The Bertz CT molecular complexity index is 938. The van der Waals surface area contributed by atoms with E-state index >= 15 is 0 Å². The molecule has 2 rings (SSSR count). The van der Waals surface area contributed by atoms with Crippen molar-refractivity contribution >= 4 is 39.1 Å². The second-order valence-electron chi connectivity index (χ2n) is 5.90. The van der Waals surface area contributed by atoms with Crippen LogP contribution >= 0.6 is 15.9 Å². The van der Waals surface area contributed by atoms with E-state index in [1.54, 1.807) is 24.3 Å². The van der Waals surface area contributed by atoms with Gasteiger partial charge in [-0.25, -0.2) is 0 Å². The zero-order valence-electron chi connectivity index (χ0n) is 15.8. The number of nitriles is 1. The molecule has 2 amide bonds. The van der Waals surface area contributed by atoms with Crippen molar-refractivity contribution in [1.82, 2.24) is 0 Å². The lowest BCUT2D eigenvalue weighted by molar-refractivity contribution is -0.118. The Labute approximate surface area is 171 Å². The van der Waals surface area contributed by atoms with Gasteiger partial charge in [-0.2, -0.15) is 5.26 Å². The molecule has 2 N–H and O–H groups in total. The summed E-state index contributed by atoms with van der Waals surface area (Å²) < 4.78 is 11.6. The Morgan fingerprint density at radius 1 is 1.14 bits per heavy atom. The predicted octanol–water partition coefficient (Wildman–Crippen LogP) is 4.00. The van der Waals surface area contributed by atoms with E-state index in [4.69, 9.17) is 14.7 Å². The maximum absolute atomic E-state index is 12.4. The van der Waals surface area contributed by atoms with E-state index < -0.39 is 5.91 Å². The summed E-state index contributed by atoms with van der Waals surface area (Å²) in [5.41, 5.74) is 2.32. The minimum Gasteiger partial charge on any atom is -0.490 e. The van der Waals surface area contributed by atoms with E-state index in [9.17, 15) is 9.59 Å². The van der Waals surface area contributed by atoms with E-state index in [1.807, 2.05) is 26.0 Å². The van der Waals surface area contributed by atoms with Crippen LogP contribution in [0, 0.1) is 18.3 Å². The lowest BCUT2D eigenvalue weighted by atomic mass is 10.2. The number of ether oxygens (including phenoxy) is 2. The van der Waals surface area contributed by atoms with Gasteiger partial charge in [-0.15, -0.1) is 0 Å². The first-order valence-electron chi connectivity index (χ1n) is 8.51. The molecule has 0 fully saturated rings. The number of amides is 2. The normalized spacial score (nSPS) is 9.96. The molecule has 7 nitrogen and oxygen atoms in total.